The second-order valence-electron chi connectivity index (χ2n) is 8.77. The van der Waals surface area contributed by atoms with Crippen LogP contribution in [0.2, 0.25) is 0 Å². The van der Waals surface area contributed by atoms with Gasteiger partial charge < -0.3 is 14.8 Å². The fourth-order valence-electron chi connectivity index (χ4n) is 3.61. The molecule has 0 radical (unpaired) electrons. The van der Waals surface area contributed by atoms with Crippen molar-refractivity contribution in [3.05, 3.63) is 94.0 Å². The third kappa shape index (κ3) is 7.32. The third-order valence-corrected chi connectivity index (χ3v) is 8.52. The number of hydrogen-bond acceptors (Lipinski definition) is 11. The highest BCUT2D eigenvalue weighted by Gasteiger charge is 2.23. The number of carbonyl (C=O) groups excluding carboxylic acids is 1. The van der Waals surface area contributed by atoms with Crippen LogP contribution in [0.15, 0.2) is 82.6 Å². The fourth-order valence-corrected chi connectivity index (χ4v) is 5.68. The predicted octanol–water partition coefficient (Wildman–Crippen LogP) is 3.56. The summed E-state index contributed by atoms with van der Waals surface area (Å²) >= 11 is 0. The molecule has 17 heteroatoms. The largest absolute Gasteiger partial charge is 0.481 e. The number of anilines is 3. The highest BCUT2D eigenvalue weighted by molar-refractivity contribution is 7.93. The molecule has 0 saturated heterocycles. The number of nitrogens with zero attached hydrogens (tertiary/aromatic N) is 3. The number of rotatable bonds is 11. The molecule has 1 aromatic heterocycles. The first-order valence-electron chi connectivity index (χ1n) is 12.1. The molecule has 15 nitrogen and oxygen atoms in total. The average Bonchev–Trinajstić information content (AvgIpc) is 2.97. The molecule has 43 heavy (non-hydrogen) atoms. The molecule has 0 unspecified atom stereocenters. The second-order valence-corrected chi connectivity index (χ2v) is 12.1. The van der Waals surface area contributed by atoms with Gasteiger partial charge in [-0.3, -0.25) is 24.4 Å². The number of nitro benzene ring substituents is 1. The molecule has 1 heterocycles. The topological polar surface area (TPSA) is 209 Å². The van der Waals surface area contributed by atoms with E-state index in [1.807, 2.05) is 0 Å². The van der Waals surface area contributed by atoms with Gasteiger partial charge in [-0.25, -0.2) is 16.8 Å². The first kappa shape index (κ1) is 30.7. The zero-order chi connectivity index (χ0) is 31.4. The van der Waals surface area contributed by atoms with Gasteiger partial charge in [-0.05, 0) is 49.4 Å². The summed E-state index contributed by atoms with van der Waals surface area (Å²) in [6.45, 7) is 1.79. The molecule has 1 amide bonds. The minimum Gasteiger partial charge on any atom is -0.481 e. The van der Waals surface area contributed by atoms with E-state index in [0.29, 0.717) is 0 Å². The van der Waals surface area contributed by atoms with Crippen LogP contribution in [-0.4, -0.2) is 51.9 Å². The number of non-ortho nitro benzene ring substituents is 1. The van der Waals surface area contributed by atoms with E-state index in [0.717, 1.165) is 23.8 Å². The van der Waals surface area contributed by atoms with Crippen molar-refractivity contribution in [1.29, 1.82) is 0 Å². The van der Waals surface area contributed by atoms with Gasteiger partial charge in [0.25, 0.3) is 31.6 Å². The summed E-state index contributed by atoms with van der Waals surface area (Å²) in [4.78, 5) is 31.4. The van der Waals surface area contributed by atoms with E-state index in [1.54, 1.807) is 19.1 Å². The van der Waals surface area contributed by atoms with Gasteiger partial charge in [0.15, 0.2) is 5.82 Å². The monoisotopic (exact) mass is 628 g/mol. The minimum absolute atomic E-state index is 0.0595. The Balaban J connectivity index is 1.57. The van der Waals surface area contributed by atoms with Gasteiger partial charge in [-0.1, -0.05) is 17.7 Å². The molecule has 0 aliphatic carbocycles. The fraction of sp³-hybridized carbons (Fsp3) is 0.115. The van der Waals surface area contributed by atoms with Gasteiger partial charge in [-0.2, -0.15) is 9.97 Å². The molecule has 0 atom stereocenters. The smallest absolute Gasteiger partial charge is 0.321 e. The molecule has 0 aliphatic heterocycles. The van der Waals surface area contributed by atoms with Crippen molar-refractivity contribution >= 4 is 48.8 Å². The van der Waals surface area contributed by atoms with Gasteiger partial charge in [0, 0.05) is 23.9 Å². The number of ether oxygens (including phenoxy) is 2. The molecular formula is C26H24N6O9S2. The average molecular weight is 629 g/mol. The van der Waals surface area contributed by atoms with E-state index in [-0.39, 0.29) is 44.4 Å². The lowest BCUT2D eigenvalue weighted by Crippen LogP contribution is -2.19. The Labute approximate surface area is 246 Å². The van der Waals surface area contributed by atoms with Crippen LogP contribution in [0.1, 0.15) is 15.9 Å². The number of aryl methyl sites for hydroxylation is 1. The van der Waals surface area contributed by atoms with Crippen LogP contribution >= 0.6 is 0 Å². The van der Waals surface area contributed by atoms with Crippen LogP contribution in [-0.2, 0) is 20.0 Å². The van der Waals surface area contributed by atoms with Crippen molar-refractivity contribution in [3.63, 3.8) is 0 Å². The highest BCUT2D eigenvalue weighted by Crippen LogP contribution is 2.27. The predicted molar refractivity (Wildman–Crippen MR) is 155 cm³/mol. The Morgan fingerprint density at radius 3 is 2.00 bits per heavy atom. The zero-order valence-corrected chi connectivity index (χ0v) is 24.4. The van der Waals surface area contributed by atoms with E-state index in [4.69, 9.17) is 9.47 Å². The van der Waals surface area contributed by atoms with E-state index >= 15 is 0 Å². The maximum absolute atomic E-state index is 13.2. The number of benzene rings is 3. The standard InChI is InChI=1S/C26H24N6O9S2/c1-16-4-9-19(10-5-16)42(36,37)30-22-13-8-18(32(34)35)14-21(22)25(33)27-17-6-11-20(12-7-17)43(38,39)31-23-15-24(40-2)29-26(28-23)41-3/h4-15,30H,1-3H3,(H,27,33)(H,28,29,31). The Hall–Kier alpha value is -5.29. The van der Waals surface area contributed by atoms with E-state index in [1.165, 1.54) is 56.7 Å². The Bertz CT molecular complexity index is 1880. The number of carbonyl (C=O) groups is 1. The summed E-state index contributed by atoms with van der Waals surface area (Å²) < 4.78 is 66.2. The van der Waals surface area contributed by atoms with Crippen molar-refractivity contribution in [1.82, 2.24) is 9.97 Å². The quantitative estimate of drug-likeness (QED) is 0.161. The van der Waals surface area contributed by atoms with E-state index in [9.17, 15) is 31.7 Å². The van der Waals surface area contributed by atoms with Crippen molar-refractivity contribution in [3.8, 4) is 11.9 Å². The highest BCUT2D eigenvalue weighted by atomic mass is 32.2. The number of methoxy groups -OCH3 is 2. The summed E-state index contributed by atoms with van der Waals surface area (Å²) in [7, 11) is -5.66. The lowest BCUT2D eigenvalue weighted by molar-refractivity contribution is -0.384. The number of nitro groups is 1. The van der Waals surface area contributed by atoms with Crippen molar-refractivity contribution in [2.45, 2.75) is 16.7 Å². The van der Waals surface area contributed by atoms with Crippen LogP contribution < -0.4 is 24.2 Å². The number of hydrogen-bond donors (Lipinski definition) is 3. The maximum Gasteiger partial charge on any atom is 0.321 e. The van der Waals surface area contributed by atoms with Gasteiger partial charge in [0.1, 0.15) is 0 Å². The van der Waals surface area contributed by atoms with Crippen LogP contribution in [0.25, 0.3) is 0 Å². The van der Waals surface area contributed by atoms with Crippen LogP contribution in [0, 0.1) is 17.0 Å². The number of aromatic nitrogens is 2. The first-order chi connectivity index (χ1) is 20.3. The molecule has 0 saturated carbocycles. The van der Waals surface area contributed by atoms with Crippen LogP contribution in [0.5, 0.6) is 11.9 Å². The van der Waals surface area contributed by atoms with Gasteiger partial charge in [-0.15, -0.1) is 0 Å². The van der Waals surface area contributed by atoms with Gasteiger partial charge in [0.05, 0.1) is 40.2 Å². The molecule has 0 fully saturated rings. The van der Waals surface area contributed by atoms with Crippen LogP contribution in [0.4, 0.5) is 22.9 Å². The second kappa shape index (κ2) is 12.3. The summed E-state index contributed by atoms with van der Waals surface area (Å²) in [6, 6.07) is 15.1. The summed E-state index contributed by atoms with van der Waals surface area (Å²) in [5.41, 5.74) is -0.0433. The molecule has 4 rings (SSSR count). The van der Waals surface area contributed by atoms with Crippen LogP contribution in [0.3, 0.4) is 0 Å². The molecule has 0 aliphatic rings. The minimum atomic E-state index is -4.15. The lowest BCUT2D eigenvalue weighted by Gasteiger charge is -2.13. The molecule has 3 aromatic carbocycles. The van der Waals surface area contributed by atoms with Crippen molar-refractivity contribution in [2.75, 3.05) is 29.0 Å². The summed E-state index contributed by atoms with van der Waals surface area (Å²) in [5.74, 6) is -0.948. The lowest BCUT2D eigenvalue weighted by atomic mass is 10.1. The summed E-state index contributed by atoms with van der Waals surface area (Å²) in [5, 5.41) is 13.9. The SMILES string of the molecule is COc1cc(NS(=O)(=O)c2ccc(NC(=O)c3cc([N+](=O)[O-])ccc3NS(=O)(=O)c3ccc(C)cc3)cc2)nc(OC)n1. The Morgan fingerprint density at radius 1 is 0.814 bits per heavy atom. The summed E-state index contributed by atoms with van der Waals surface area (Å²) in [6.07, 6.45) is 0. The molecule has 224 valence electrons. The molecule has 4 aromatic rings. The Kier molecular flexibility index (Phi) is 8.77. The molecule has 0 bridgehead atoms. The maximum atomic E-state index is 13.2. The molecule has 3 N–H and O–H groups in total. The van der Waals surface area contributed by atoms with E-state index < -0.39 is 36.6 Å². The number of nitrogens with one attached hydrogen (secondary N) is 3. The van der Waals surface area contributed by atoms with Crippen molar-refractivity contribution in [2.24, 2.45) is 0 Å². The number of amides is 1. The zero-order valence-electron chi connectivity index (χ0n) is 22.8. The normalized spacial score (nSPS) is 11.3. The molecular weight excluding hydrogens is 604 g/mol. The molecule has 0 spiro atoms. The Morgan fingerprint density at radius 2 is 1.42 bits per heavy atom. The van der Waals surface area contributed by atoms with E-state index in [2.05, 4.69) is 24.7 Å². The van der Waals surface area contributed by atoms with Crippen molar-refractivity contribution < 1.29 is 36.0 Å². The van der Waals surface area contributed by atoms with Gasteiger partial charge >= 0.3 is 6.01 Å². The van der Waals surface area contributed by atoms with Gasteiger partial charge in [0.2, 0.25) is 5.88 Å². The third-order valence-electron chi connectivity index (χ3n) is 5.77. The number of sulfonamides is 2. The first-order valence-corrected chi connectivity index (χ1v) is 15.1.